The number of likely N-dealkylation sites (tertiary alicyclic amines) is 1. The predicted molar refractivity (Wildman–Crippen MR) is 145 cm³/mol. The second kappa shape index (κ2) is 13.7. The van der Waals surface area contributed by atoms with Crippen molar-refractivity contribution in [2.45, 2.75) is 55.2 Å². The van der Waals surface area contributed by atoms with E-state index in [-0.39, 0.29) is 11.5 Å². The first kappa shape index (κ1) is 30.9. The minimum absolute atomic E-state index is 0.322. The van der Waals surface area contributed by atoms with Gasteiger partial charge in [-0.15, -0.1) is 26.3 Å². The summed E-state index contributed by atoms with van der Waals surface area (Å²) in [5.74, 6) is 1.29. The summed E-state index contributed by atoms with van der Waals surface area (Å²) in [4.78, 5) is 3.97. The molecule has 0 radical (unpaired) electrons. The lowest BCUT2D eigenvalue weighted by atomic mass is 9.98. The smallest absolute Gasteiger partial charge is 0.494 e. The number of ether oxygens (including phenoxy) is 3. The Morgan fingerprint density at radius 2 is 1.17 bits per heavy atom. The van der Waals surface area contributed by atoms with Gasteiger partial charge in [0.2, 0.25) is 0 Å². The van der Waals surface area contributed by atoms with Crippen LogP contribution in [0.15, 0.2) is 82.6 Å². The molecule has 3 aromatic rings. The SMILES string of the molecule is CCCOc1ccc(CN2CCC(C[S+](c3ccc(OC(F)(F)F)cc3)c3ccc(OC(F)(F)F)cc3)CC2)cc1. The van der Waals surface area contributed by atoms with Gasteiger partial charge >= 0.3 is 12.7 Å². The Hall–Kier alpha value is -3.05. The van der Waals surface area contributed by atoms with Crippen LogP contribution >= 0.6 is 0 Å². The van der Waals surface area contributed by atoms with E-state index in [0.29, 0.717) is 12.5 Å². The van der Waals surface area contributed by atoms with Gasteiger partial charge in [0.25, 0.3) is 0 Å². The fourth-order valence-electron chi connectivity index (χ4n) is 4.66. The van der Waals surface area contributed by atoms with Gasteiger partial charge in [-0.2, -0.15) is 0 Å². The van der Waals surface area contributed by atoms with E-state index in [9.17, 15) is 26.3 Å². The summed E-state index contributed by atoms with van der Waals surface area (Å²) in [6.07, 6.45) is -6.77. The molecule has 222 valence electrons. The van der Waals surface area contributed by atoms with Crippen LogP contribution in [0.2, 0.25) is 0 Å². The quantitative estimate of drug-likeness (QED) is 0.164. The van der Waals surface area contributed by atoms with E-state index in [1.165, 1.54) is 29.8 Å². The summed E-state index contributed by atoms with van der Waals surface area (Å²) in [6, 6.07) is 19.6. The van der Waals surface area contributed by atoms with Crippen molar-refractivity contribution < 1.29 is 40.6 Å². The van der Waals surface area contributed by atoms with Crippen LogP contribution in [-0.2, 0) is 17.4 Å². The van der Waals surface area contributed by atoms with Crippen molar-refractivity contribution in [3.8, 4) is 17.2 Å². The second-order valence-corrected chi connectivity index (χ2v) is 11.9. The van der Waals surface area contributed by atoms with Crippen LogP contribution in [0.4, 0.5) is 26.3 Å². The molecule has 0 N–H and O–H groups in total. The van der Waals surface area contributed by atoms with Crippen LogP contribution in [-0.4, -0.2) is 43.1 Å². The molecule has 0 atom stereocenters. The van der Waals surface area contributed by atoms with Crippen LogP contribution in [0.5, 0.6) is 17.2 Å². The first-order valence-corrected chi connectivity index (χ1v) is 14.7. The zero-order valence-electron chi connectivity index (χ0n) is 22.5. The third-order valence-electron chi connectivity index (χ3n) is 6.60. The van der Waals surface area contributed by atoms with Crippen LogP contribution in [0.25, 0.3) is 0 Å². The molecule has 0 amide bonds. The van der Waals surface area contributed by atoms with E-state index in [4.69, 9.17) is 4.74 Å². The summed E-state index contributed by atoms with van der Waals surface area (Å²) >= 11 is 0. The van der Waals surface area contributed by atoms with Crippen molar-refractivity contribution in [1.29, 1.82) is 0 Å². The molecule has 1 heterocycles. The maximum Gasteiger partial charge on any atom is 0.573 e. The van der Waals surface area contributed by atoms with Gasteiger partial charge in [-0.05, 0) is 98.6 Å². The topological polar surface area (TPSA) is 30.9 Å². The number of alkyl halides is 6. The third-order valence-corrected chi connectivity index (χ3v) is 9.08. The third kappa shape index (κ3) is 10.1. The number of hydrogen-bond acceptors (Lipinski definition) is 4. The van der Waals surface area contributed by atoms with E-state index in [2.05, 4.69) is 33.4 Å². The Bertz CT molecular complexity index is 1150. The molecule has 0 saturated carbocycles. The highest BCUT2D eigenvalue weighted by Crippen LogP contribution is 2.33. The number of benzene rings is 3. The lowest BCUT2D eigenvalue weighted by molar-refractivity contribution is -0.275. The van der Waals surface area contributed by atoms with E-state index in [0.717, 1.165) is 60.2 Å². The molecule has 0 aromatic heterocycles. The molecule has 1 saturated heterocycles. The van der Waals surface area contributed by atoms with Crippen LogP contribution < -0.4 is 14.2 Å². The van der Waals surface area contributed by atoms with Gasteiger partial charge in [-0.3, -0.25) is 4.90 Å². The highest BCUT2D eigenvalue weighted by Gasteiger charge is 2.35. The maximum atomic E-state index is 12.6. The lowest BCUT2D eigenvalue weighted by Gasteiger charge is -2.31. The van der Waals surface area contributed by atoms with Gasteiger partial charge in [0, 0.05) is 12.5 Å². The summed E-state index contributed by atoms with van der Waals surface area (Å²) in [5, 5.41) is 0. The Morgan fingerprint density at radius 1 is 0.707 bits per heavy atom. The Balaban J connectivity index is 1.42. The molecule has 1 aliphatic heterocycles. The van der Waals surface area contributed by atoms with Gasteiger partial charge in [-0.25, -0.2) is 0 Å². The van der Waals surface area contributed by atoms with E-state index < -0.39 is 23.6 Å². The Labute approximate surface area is 238 Å². The van der Waals surface area contributed by atoms with Crippen molar-refractivity contribution in [3.05, 3.63) is 78.4 Å². The second-order valence-electron chi connectivity index (χ2n) is 9.81. The molecule has 0 aliphatic carbocycles. The zero-order chi connectivity index (χ0) is 29.5. The van der Waals surface area contributed by atoms with Gasteiger partial charge < -0.3 is 14.2 Å². The van der Waals surface area contributed by atoms with Crippen LogP contribution in [0.3, 0.4) is 0 Å². The highest BCUT2D eigenvalue weighted by atomic mass is 32.2. The molecule has 0 spiro atoms. The van der Waals surface area contributed by atoms with E-state index in [1.807, 2.05) is 12.1 Å². The fourth-order valence-corrected chi connectivity index (χ4v) is 7.05. The van der Waals surface area contributed by atoms with Crippen molar-refractivity contribution in [3.63, 3.8) is 0 Å². The van der Waals surface area contributed by atoms with Crippen LogP contribution in [0.1, 0.15) is 31.7 Å². The maximum absolute atomic E-state index is 12.6. The van der Waals surface area contributed by atoms with Crippen LogP contribution in [0, 0.1) is 5.92 Å². The fraction of sp³-hybridized carbons (Fsp3) is 0.400. The van der Waals surface area contributed by atoms with Crippen molar-refractivity contribution in [2.24, 2.45) is 5.92 Å². The predicted octanol–water partition coefficient (Wildman–Crippen LogP) is 8.22. The minimum Gasteiger partial charge on any atom is -0.494 e. The highest BCUT2D eigenvalue weighted by molar-refractivity contribution is 7.97. The number of rotatable bonds is 11. The molecule has 1 fully saturated rings. The summed E-state index contributed by atoms with van der Waals surface area (Å²) in [7, 11) is -0.572. The molecule has 4 rings (SSSR count). The Morgan fingerprint density at radius 3 is 1.61 bits per heavy atom. The molecule has 3 aromatic carbocycles. The molecule has 1 aliphatic rings. The Kier molecular flexibility index (Phi) is 10.4. The first-order chi connectivity index (χ1) is 19.5. The summed E-state index contributed by atoms with van der Waals surface area (Å²) in [5.41, 5.74) is 1.20. The lowest BCUT2D eigenvalue weighted by Crippen LogP contribution is -2.35. The largest absolute Gasteiger partial charge is 0.573 e. The van der Waals surface area contributed by atoms with E-state index >= 15 is 0 Å². The molecular formula is C30H32F6NO3S+. The van der Waals surface area contributed by atoms with Crippen molar-refractivity contribution in [2.75, 3.05) is 25.4 Å². The average Bonchev–Trinajstić information content (AvgIpc) is 2.92. The number of piperidine rings is 1. The van der Waals surface area contributed by atoms with Gasteiger partial charge in [0.1, 0.15) is 23.0 Å². The molecule has 0 unspecified atom stereocenters. The monoisotopic (exact) mass is 600 g/mol. The number of halogens is 6. The average molecular weight is 601 g/mol. The molecule has 0 bridgehead atoms. The van der Waals surface area contributed by atoms with Gasteiger partial charge in [0.05, 0.1) is 17.5 Å². The first-order valence-electron chi connectivity index (χ1n) is 13.3. The number of nitrogens with zero attached hydrogens (tertiary/aromatic N) is 1. The summed E-state index contributed by atoms with van der Waals surface area (Å²) < 4.78 is 89.5. The standard InChI is InChI=1S/C30H32F6NO3S/c1-2-19-38-24-5-3-22(4-6-24)20-37-17-15-23(16-18-37)21-41(27-11-7-25(8-12-27)39-29(31,32)33)28-13-9-26(10-14-28)40-30(34,35)36/h3-14,23H,2,15-21H2,1H3/q+1. The summed E-state index contributed by atoms with van der Waals surface area (Å²) in [6.45, 7) is 5.37. The van der Waals surface area contributed by atoms with Gasteiger partial charge in [0.15, 0.2) is 9.79 Å². The number of hydrogen-bond donors (Lipinski definition) is 0. The van der Waals surface area contributed by atoms with Gasteiger partial charge in [-0.1, -0.05) is 19.1 Å². The molecule has 41 heavy (non-hydrogen) atoms. The normalized spacial score (nSPS) is 15.2. The molecular weight excluding hydrogens is 568 g/mol. The zero-order valence-corrected chi connectivity index (χ0v) is 23.3. The minimum atomic E-state index is -4.80. The van der Waals surface area contributed by atoms with Crippen molar-refractivity contribution >= 4 is 10.9 Å². The van der Waals surface area contributed by atoms with E-state index in [1.54, 1.807) is 24.3 Å². The molecule has 4 nitrogen and oxygen atoms in total. The van der Waals surface area contributed by atoms with Crippen molar-refractivity contribution in [1.82, 2.24) is 4.90 Å². The molecule has 11 heteroatoms.